The molecule has 0 atom stereocenters. The molecule has 0 unspecified atom stereocenters. The van der Waals surface area contributed by atoms with Crippen LogP contribution in [0.15, 0.2) is 42.5 Å². The normalized spacial score (nSPS) is 10.0. The molecule has 0 aliphatic carbocycles. The van der Waals surface area contributed by atoms with E-state index in [1.165, 1.54) is 37.4 Å². The van der Waals surface area contributed by atoms with Gasteiger partial charge in [-0.3, -0.25) is 0 Å². The molecule has 0 radical (unpaired) electrons. The van der Waals surface area contributed by atoms with Crippen LogP contribution >= 0.6 is 0 Å². The van der Waals surface area contributed by atoms with Crippen LogP contribution in [-0.4, -0.2) is 13.1 Å². The minimum absolute atomic E-state index is 0.0382. The van der Waals surface area contributed by atoms with Crippen molar-refractivity contribution in [1.82, 2.24) is 0 Å². The van der Waals surface area contributed by atoms with E-state index >= 15 is 0 Å². The highest BCUT2D eigenvalue weighted by Crippen LogP contribution is 2.30. The van der Waals surface area contributed by atoms with Gasteiger partial charge in [0.1, 0.15) is 0 Å². The summed E-state index contributed by atoms with van der Waals surface area (Å²) in [7, 11) is 1.27. The van der Waals surface area contributed by atoms with E-state index in [0.717, 1.165) is 0 Å². The number of benzene rings is 2. The summed E-state index contributed by atoms with van der Waals surface area (Å²) in [6.07, 6.45) is 0. The molecule has 2 aromatic rings. The van der Waals surface area contributed by atoms with Gasteiger partial charge < -0.3 is 15.2 Å². The summed E-state index contributed by atoms with van der Waals surface area (Å²) in [5.41, 5.74) is 6.31. The van der Waals surface area contributed by atoms with Crippen molar-refractivity contribution in [3.63, 3.8) is 0 Å². The van der Waals surface area contributed by atoms with E-state index in [1.807, 2.05) is 0 Å². The van der Waals surface area contributed by atoms with E-state index in [2.05, 4.69) is 4.74 Å². The SMILES string of the molecule is COC(=O)c1ccc(N)c(Oc2ccccc2F)c1. The first-order valence-corrected chi connectivity index (χ1v) is 5.52. The van der Waals surface area contributed by atoms with Crippen molar-refractivity contribution >= 4 is 11.7 Å². The largest absolute Gasteiger partial charge is 0.465 e. The summed E-state index contributed by atoms with van der Waals surface area (Å²) in [5, 5.41) is 0. The Morgan fingerprint density at radius 2 is 1.89 bits per heavy atom. The fourth-order valence-electron chi connectivity index (χ4n) is 1.51. The quantitative estimate of drug-likeness (QED) is 0.681. The summed E-state index contributed by atoms with van der Waals surface area (Å²) in [6, 6.07) is 10.4. The molecule has 19 heavy (non-hydrogen) atoms. The van der Waals surface area contributed by atoms with Crippen molar-refractivity contribution in [2.75, 3.05) is 12.8 Å². The van der Waals surface area contributed by atoms with Crippen LogP contribution in [0.25, 0.3) is 0 Å². The molecule has 0 saturated heterocycles. The summed E-state index contributed by atoms with van der Waals surface area (Å²) >= 11 is 0. The molecule has 98 valence electrons. The van der Waals surface area contributed by atoms with Crippen LogP contribution in [0, 0.1) is 5.82 Å². The molecule has 5 heteroatoms. The number of carbonyl (C=O) groups is 1. The highest BCUT2D eigenvalue weighted by Gasteiger charge is 2.11. The Bertz CT molecular complexity index is 613. The highest BCUT2D eigenvalue weighted by atomic mass is 19.1. The molecule has 0 heterocycles. The van der Waals surface area contributed by atoms with Crippen LogP contribution in [0.2, 0.25) is 0 Å². The van der Waals surface area contributed by atoms with Crippen LogP contribution in [0.4, 0.5) is 10.1 Å². The van der Waals surface area contributed by atoms with Crippen molar-refractivity contribution < 1.29 is 18.7 Å². The number of hydrogen-bond donors (Lipinski definition) is 1. The smallest absolute Gasteiger partial charge is 0.337 e. The number of esters is 1. The minimum Gasteiger partial charge on any atom is -0.465 e. The predicted molar refractivity (Wildman–Crippen MR) is 68.7 cm³/mol. The van der Waals surface area contributed by atoms with Crippen molar-refractivity contribution in [3.8, 4) is 11.5 Å². The maximum Gasteiger partial charge on any atom is 0.337 e. The van der Waals surface area contributed by atoms with E-state index in [9.17, 15) is 9.18 Å². The first-order chi connectivity index (χ1) is 9.11. The Kier molecular flexibility index (Phi) is 3.66. The summed E-state index contributed by atoms with van der Waals surface area (Å²) in [5.74, 6) is -0.784. The van der Waals surface area contributed by atoms with E-state index < -0.39 is 11.8 Å². The Morgan fingerprint density at radius 1 is 1.16 bits per heavy atom. The Hall–Kier alpha value is -2.56. The fraction of sp³-hybridized carbons (Fsp3) is 0.0714. The molecule has 2 N–H and O–H groups in total. The highest BCUT2D eigenvalue weighted by molar-refractivity contribution is 5.90. The van der Waals surface area contributed by atoms with Gasteiger partial charge in [0.05, 0.1) is 18.4 Å². The molecule has 0 aromatic heterocycles. The minimum atomic E-state index is -0.515. The summed E-state index contributed by atoms with van der Waals surface area (Å²) in [4.78, 5) is 11.4. The van der Waals surface area contributed by atoms with Gasteiger partial charge >= 0.3 is 5.97 Å². The van der Waals surface area contributed by atoms with Gasteiger partial charge in [0, 0.05) is 0 Å². The molecule has 4 nitrogen and oxygen atoms in total. The molecule has 2 rings (SSSR count). The van der Waals surface area contributed by atoms with Crippen LogP contribution in [-0.2, 0) is 4.74 Å². The molecule has 2 aromatic carbocycles. The first kappa shape index (κ1) is 12.9. The summed E-state index contributed by atoms with van der Waals surface area (Å²) < 4.78 is 23.4. The molecule has 0 amide bonds. The van der Waals surface area contributed by atoms with Crippen molar-refractivity contribution in [1.29, 1.82) is 0 Å². The van der Waals surface area contributed by atoms with Crippen molar-refractivity contribution in [3.05, 3.63) is 53.8 Å². The third kappa shape index (κ3) is 2.82. The lowest BCUT2D eigenvalue weighted by Gasteiger charge is -2.10. The molecule has 0 fully saturated rings. The Morgan fingerprint density at radius 3 is 2.58 bits per heavy atom. The number of anilines is 1. The third-order valence-corrected chi connectivity index (χ3v) is 2.49. The van der Waals surface area contributed by atoms with Gasteiger partial charge in [0.25, 0.3) is 0 Å². The number of nitrogens with two attached hydrogens (primary N) is 1. The molecule has 0 saturated carbocycles. The fourth-order valence-corrected chi connectivity index (χ4v) is 1.51. The van der Waals surface area contributed by atoms with Gasteiger partial charge in [-0.25, -0.2) is 9.18 Å². The molecular formula is C14H12FNO3. The maximum absolute atomic E-state index is 13.5. The van der Waals surface area contributed by atoms with Gasteiger partial charge in [-0.2, -0.15) is 0 Å². The van der Waals surface area contributed by atoms with E-state index in [0.29, 0.717) is 5.69 Å². The molecule has 0 aliphatic heterocycles. The number of halogens is 1. The van der Waals surface area contributed by atoms with Crippen LogP contribution in [0.5, 0.6) is 11.5 Å². The van der Waals surface area contributed by atoms with Crippen LogP contribution in [0.1, 0.15) is 10.4 Å². The topological polar surface area (TPSA) is 61.5 Å². The van der Waals surface area contributed by atoms with Crippen molar-refractivity contribution in [2.24, 2.45) is 0 Å². The number of nitrogen functional groups attached to an aromatic ring is 1. The second kappa shape index (κ2) is 5.39. The number of ether oxygens (including phenoxy) is 2. The van der Waals surface area contributed by atoms with E-state index in [-0.39, 0.29) is 17.1 Å². The first-order valence-electron chi connectivity index (χ1n) is 5.52. The van der Waals surface area contributed by atoms with Gasteiger partial charge in [-0.15, -0.1) is 0 Å². The zero-order valence-electron chi connectivity index (χ0n) is 10.2. The second-order valence-electron chi connectivity index (χ2n) is 3.78. The lowest BCUT2D eigenvalue weighted by Crippen LogP contribution is -2.02. The standard InChI is InChI=1S/C14H12FNO3/c1-18-14(17)9-6-7-11(16)13(8-9)19-12-5-3-2-4-10(12)15/h2-8H,16H2,1H3. The molecule has 0 spiro atoms. The number of para-hydroxylation sites is 1. The number of methoxy groups -OCH3 is 1. The second-order valence-corrected chi connectivity index (χ2v) is 3.78. The Labute approximate surface area is 109 Å². The van der Waals surface area contributed by atoms with Gasteiger partial charge in [0.15, 0.2) is 17.3 Å². The lowest BCUT2D eigenvalue weighted by atomic mass is 10.2. The average molecular weight is 261 g/mol. The molecular weight excluding hydrogens is 249 g/mol. The number of rotatable bonds is 3. The van der Waals surface area contributed by atoms with E-state index in [1.54, 1.807) is 12.1 Å². The lowest BCUT2D eigenvalue weighted by molar-refractivity contribution is 0.0600. The van der Waals surface area contributed by atoms with Crippen molar-refractivity contribution in [2.45, 2.75) is 0 Å². The number of carbonyl (C=O) groups excluding carboxylic acids is 1. The number of hydrogen-bond acceptors (Lipinski definition) is 4. The Balaban J connectivity index is 2.34. The van der Waals surface area contributed by atoms with Crippen LogP contribution in [0.3, 0.4) is 0 Å². The predicted octanol–water partition coefficient (Wildman–Crippen LogP) is 2.99. The average Bonchev–Trinajstić information content (AvgIpc) is 2.42. The van der Waals surface area contributed by atoms with Gasteiger partial charge in [-0.05, 0) is 30.3 Å². The molecule has 0 bridgehead atoms. The zero-order valence-corrected chi connectivity index (χ0v) is 10.2. The van der Waals surface area contributed by atoms with Gasteiger partial charge in [0.2, 0.25) is 0 Å². The zero-order chi connectivity index (χ0) is 13.8. The third-order valence-electron chi connectivity index (χ3n) is 2.49. The molecule has 0 aliphatic rings. The van der Waals surface area contributed by atoms with Gasteiger partial charge in [-0.1, -0.05) is 12.1 Å². The van der Waals surface area contributed by atoms with E-state index in [4.69, 9.17) is 10.5 Å². The maximum atomic E-state index is 13.5. The summed E-state index contributed by atoms with van der Waals surface area (Å²) in [6.45, 7) is 0. The monoisotopic (exact) mass is 261 g/mol. The van der Waals surface area contributed by atoms with Crippen LogP contribution < -0.4 is 10.5 Å².